The van der Waals surface area contributed by atoms with Crippen LogP contribution in [0.25, 0.3) is 0 Å². The Morgan fingerprint density at radius 1 is 2.00 bits per heavy atom. The molecule has 0 fully saturated rings. The molecule has 0 aromatic carbocycles. The van der Waals surface area contributed by atoms with Gasteiger partial charge < -0.3 is 4.74 Å². The zero-order valence-corrected chi connectivity index (χ0v) is 5.74. The van der Waals surface area contributed by atoms with Crippen LogP contribution in [0.1, 0.15) is 0 Å². The van der Waals surface area contributed by atoms with Crippen LogP contribution >= 0.6 is 11.6 Å². The minimum absolute atomic E-state index is 0.0466. The molecule has 0 amide bonds. The second-order valence-corrected chi connectivity index (χ2v) is 1.95. The van der Waals surface area contributed by atoms with E-state index in [4.69, 9.17) is 16.3 Å². The van der Waals surface area contributed by atoms with Gasteiger partial charge in [0, 0.05) is 0 Å². The van der Waals surface area contributed by atoms with Gasteiger partial charge >= 0.3 is 0 Å². The Balaban J connectivity index is 2.55. The maximum atomic E-state index is 10.0. The van der Waals surface area contributed by atoms with Crippen molar-refractivity contribution in [3.63, 3.8) is 0 Å². The molecule has 0 unspecified atom stereocenters. The normalized spacial score (nSPS) is 16.5. The minimum Gasteiger partial charge on any atom is -0.468 e. The van der Waals surface area contributed by atoms with Crippen molar-refractivity contribution in [1.82, 2.24) is 5.01 Å². The highest BCUT2D eigenvalue weighted by Crippen LogP contribution is 2.11. The topological polar surface area (TPSA) is 55.6 Å². The fourth-order valence-corrected chi connectivity index (χ4v) is 0.703. The Bertz CT molecular complexity index is 181. The van der Waals surface area contributed by atoms with E-state index in [1.807, 2.05) is 0 Å². The summed E-state index contributed by atoms with van der Waals surface area (Å²) >= 11 is 5.34. The zero-order valence-electron chi connectivity index (χ0n) is 4.99. The average molecular weight is 165 g/mol. The molecule has 0 radical (unpaired) electrons. The fourth-order valence-electron chi connectivity index (χ4n) is 0.557. The largest absolute Gasteiger partial charge is 0.468 e. The third-order valence-corrected chi connectivity index (χ3v) is 1.28. The second kappa shape index (κ2) is 2.74. The van der Waals surface area contributed by atoms with Crippen LogP contribution in [0.2, 0.25) is 0 Å². The van der Waals surface area contributed by atoms with Gasteiger partial charge in [-0.05, 0) is 0 Å². The lowest BCUT2D eigenvalue weighted by atomic mass is 10.6. The number of alkyl halides is 1. The highest BCUT2D eigenvalue weighted by molar-refractivity contribution is 6.19. The minimum atomic E-state index is -0.556. The molecule has 0 atom stereocenters. The monoisotopic (exact) mass is 164 g/mol. The lowest BCUT2D eigenvalue weighted by molar-refractivity contribution is -0.643. The molecule has 0 aromatic heterocycles. The van der Waals surface area contributed by atoms with Gasteiger partial charge in [0.05, 0.1) is 5.88 Å². The maximum absolute atomic E-state index is 10.0. The van der Waals surface area contributed by atoms with Crippen LogP contribution in [0.5, 0.6) is 0 Å². The first-order valence-electron chi connectivity index (χ1n) is 2.54. The van der Waals surface area contributed by atoms with E-state index >= 15 is 0 Å². The van der Waals surface area contributed by atoms with Crippen molar-refractivity contribution in [2.24, 2.45) is 0 Å². The molecular formula is C4H5ClN2O3. The summed E-state index contributed by atoms with van der Waals surface area (Å²) in [6, 6.07) is 0. The van der Waals surface area contributed by atoms with Gasteiger partial charge in [0.15, 0.2) is 5.03 Å². The molecule has 0 spiro atoms. The van der Waals surface area contributed by atoms with Crippen molar-refractivity contribution >= 4 is 11.6 Å². The fraction of sp³-hybridized carbons (Fsp3) is 0.500. The summed E-state index contributed by atoms with van der Waals surface area (Å²) in [5.74, 6) is 0.600. The van der Waals surface area contributed by atoms with Crippen molar-refractivity contribution in [1.29, 1.82) is 0 Å². The van der Waals surface area contributed by atoms with E-state index in [2.05, 4.69) is 0 Å². The third-order valence-electron chi connectivity index (χ3n) is 1.02. The summed E-state index contributed by atoms with van der Waals surface area (Å²) < 4.78 is 4.79. The van der Waals surface area contributed by atoms with E-state index in [1.54, 1.807) is 0 Å². The Hall–Kier alpha value is -0.970. The number of ether oxygens (including phenoxy) is 1. The molecule has 5 nitrogen and oxygen atoms in total. The van der Waals surface area contributed by atoms with Gasteiger partial charge in [0.25, 0.3) is 0 Å². The van der Waals surface area contributed by atoms with Crippen LogP contribution in [-0.2, 0) is 4.74 Å². The molecule has 0 aromatic rings. The molecule has 6 heteroatoms. The van der Waals surface area contributed by atoms with Crippen molar-refractivity contribution in [2.45, 2.75) is 0 Å². The number of hydrazine groups is 1. The first kappa shape index (κ1) is 7.14. The molecule has 0 saturated carbocycles. The SMILES string of the molecule is O=[N+]([O-])N1C=C(CCl)OC1. The van der Waals surface area contributed by atoms with Crippen molar-refractivity contribution in [3.8, 4) is 0 Å². The molecule has 0 saturated heterocycles. The van der Waals surface area contributed by atoms with Crippen molar-refractivity contribution in [3.05, 3.63) is 22.1 Å². The molecule has 1 heterocycles. The van der Waals surface area contributed by atoms with Gasteiger partial charge in [-0.1, -0.05) is 5.01 Å². The average Bonchev–Trinajstić information content (AvgIpc) is 2.34. The summed E-state index contributed by atoms with van der Waals surface area (Å²) in [7, 11) is 0. The van der Waals surface area contributed by atoms with Crippen molar-refractivity contribution in [2.75, 3.05) is 12.6 Å². The van der Waals surface area contributed by atoms with E-state index in [1.165, 1.54) is 6.20 Å². The highest BCUT2D eigenvalue weighted by atomic mass is 35.5. The summed E-state index contributed by atoms with van der Waals surface area (Å²) in [6.07, 6.45) is 1.27. The lowest BCUT2D eigenvalue weighted by Crippen LogP contribution is -2.21. The van der Waals surface area contributed by atoms with Gasteiger partial charge in [-0.15, -0.1) is 11.6 Å². The molecule has 1 aliphatic rings. The second-order valence-electron chi connectivity index (χ2n) is 1.68. The van der Waals surface area contributed by atoms with Gasteiger partial charge in [0.2, 0.25) is 6.73 Å². The predicted molar refractivity (Wildman–Crippen MR) is 33.6 cm³/mol. The molecule has 0 aliphatic carbocycles. The third kappa shape index (κ3) is 1.30. The predicted octanol–water partition coefficient (Wildman–Crippen LogP) is 0.548. The quantitative estimate of drug-likeness (QED) is 0.340. The van der Waals surface area contributed by atoms with Crippen molar-refractivity contribution < 1.29 is 9.77 Å². The van der Waals surface area contributed by atoms with Crippen LogP contribution in [0.4, 0.5) is 0 Å². The van der Waals surface area contributed by atoms with E-state index < -0.39 is 5.03 Å². The number of allylic oxidation sites excluding steroid dienone is 1. The van der Waals surface area contributed by atoms with Gasteiger partial charge in [0.1, 0.15) is 12.0 Å². The first-order chi connectivity index (χ1) is 4.74. The van der Waals surface area contributed by atoms with E-state index in [0.717, 1.165) is 5.01 Å². The van der Waals surface area contributed by atoms with E-state index in [0.29, 0.717) is 5.76 Å². The number of hydrogen-bond donors (Lipinski definition) is 0. The van der Waals surface area contributed by atoms with Gasteiger partial charge in [-0.3, -0.25) is 0 Å². The van der Waals surface area contributed by atoms with E-state index in [-0.39, 0.29) is 12.6 Å². The molecule has 1 rings (SSSR count). The van der Waals surface area contributed by atoms with Crippen LogP contribution < -0.4 is 0 Å². The number of nitro groups is 1. The zero-order chi connectivity index (χ0) is 7.56. The Kier molecular flexibility index (Phi) is 1.96. The molecule has 0 bridgehead atoms. The highest BCUT2D eigenvalue weighted by Gasteiger charge is 2.20. The smallest absolute Gasteiger partial charge is 0.221 e. The Morgan fingerprint density at radius 3 is 3.00 bits per heavy atom. The summed E-state index contributed by atoms with van der Waals surface area (Å²) in [5.41, 5.74) is 0. The number of rotatable bonds is 2. The standard InChI is InChI=1S/C4H5ClN2O3/c5-1-4-2-6(3-10-4)7(8)9/h2H,1,3H2. The van der Waals surface area contributed by atoms with Crippen LogP contribution in [0.3, 0.4) is 0 Å². The van der Waals surface area contributed by atoms with Crippen LogP contribution in [-0.4, -0.2) is 22.7 Å². The Labute approximate surface area is 61.9 Å². The summed E-state index contributed by atoms with van der Waals surface area (Å²) in [4.78, 5) is 10.0. The van der Waals surface area contributed by atoms with Crippen LogP contribution in [0.15, 0.2) is 12.0 Å². The molecule has 0 N–H and O–H groups in total. The number of hydrogen-bond acceptors (Lipinski definition) is 3. The van der Waals surface area contributed by atoms with Gasteiger partial charge in [-0.2, -0.15) is 0 Å². The lowest BCUT2D eigenvalue weighted by Gasteiger charge is -1.98. The Morgan fingerprint density at radius 2 is 2.70 bits per heavy atom. The maximum Gasteiger partial charge on any atom is 0.221 e. The molecular weight excluding hydrogens is 160 g/mol. The molecule has 1 aliphatic heterocycles. The molecule has 56 valence electrons. The van der Waals surface area contributed by atoms with Gasteiger partial charge in [-0.25, -0.2) is 10.1 Å². The summed E-state index contributed by atoms with van der Waals surface area (Å²) in [5, 5.41) is 10.3. The first-order valence-corrected chi connectivity index (χ1v) is 3.08. The van der Waals surface area contributed by atoms with Crippen LogP contribution in [0, 0.1) is 10.1 Å². The number of nitrogens with zero attached hydrogens (tertiary/aromatic N) is 2. The van der Waals surface area contributed by atoms with E-state index in [9.17, 15) is 10.1 Å². The molecule has 10 heavy (non-hydrogen) atoms. The number of halogens is 1. The summed E-state index contributed by atoms with van der Waals surface area (Å²) in [6.45, 7) is -0.0466.